The van der Waals surface area contributed by atoms with Crippen molar-refractivity contribution in [2.75, 3.05) is 6.61 Å². The van der Waals surface area contributed by atoms with Crippen molar-refractivity contribution in [3.8, 4) is 0 Å². The summed E-state index contributed by atoms with van der Waals surface area (Å²) in [5, 5.41) is 0. The van der Waals surface area contributed by atoms with Crippen LogP contribution in [0.2, 0.25) is 0 Å². The largest absolute Gasteiger partial charge is 0.459 e. The van der Waals surface area contributed by atoms with Crippen molar-refractivity contribution in [2.24, 2.45) is 0 Å². The predicted molar refractivity (Wildman–Crippen MR) is 158 cm³/mol. The van der Waals surface area contributed by atoms with Crippen LogP contribution in [0, 0.1) is 0 Å². The Morgan fingerprint density at radius 2 is 0.841 bits per heavy atom. The fraction of sp³-hybridized carbons (Fsp3) is 0.176. The van der Waals surface area contributed by atoms with Gasteiger partial charge in [0.1, 0.15) is 12.7 Å². The summed E-state index contributed by atoms with van der Waals surface area (Å²) in [7, 11) is 0. The van der Waals surface area contributed by atoms with Crippen molar-refractivity contribution in [1.29, 1.82) is 0 Å². The number of ether oxygens (including phenoxy) is 5. The van der Waals surface area contributed by atoms with Gasteiger partial charge >= 0.3 is 23.9 Å². The molecule has 1 aliphatic rings. The van der Waals surface area contributed by atoms with E-state index in [0.29, 0.717) is 0 Å². The molecule has 0 N–H and O–H groups in total. The molecule has 44 heavy (non-hydrogen) atoms. The quantitative estimate of drug-likeness (QED) is 0.137. The second-order valence-electron chi connectivity index (χ2n) is 9.70. The van der Waals surface area contributed by atoms with Gasteiger partial charge in [-0.3, -0.25) is 0 Å². The maximum atomic E-state index is 13.3. The number of halogens is 1. The minimum atomic E-state index is -1.46. The highest BCUT2D eigenvalue weighted by molar-refractivity contribution is 6.20. The third-order valence-corrected chi connectivity index (χ3v) is 7.07. The number of rotatable bonds is 9. The predicted octanol–water partition coefficient (Wildman–Crippen LogP) is 5.48. The summed E-state index contributed by atoms with van der Waals surface area (Å²) < 4.78 is 28.9. The molecule has 0 aromatic heterocycles. The fourth-order valence-electron chi connectivity index (χ4n) is 4.51. The first-order valence-electron chi connectivity index (χ1n) is 13.7. The first-order valence-corrected chi connectivity index (χ1v) is 14.1. The highest BCUT2D eigenvalue weighted by Crippen LogP contribution is 2.32. The van der Waals surface area contributed by atoms with E-state index >= 15 is 0 Å². The van der Waals surface area contributed by atoms with Crippen LogP contribution in [0.4, 0.5) is 0 Å². The molecular formula is C34H27ClO9. The second-order valence-corrected chi connectivity index (χ2v) is 10.1. The van der Waals surface area contributed by atoms with Gasteiger partial charge in [-0.2, -0.15) is 0 Å². The van der Waals surface area contributed by atoms with E-state index in [1.165, 1.54) is 12.1 Å². The molecule has 1 heterocycles. The lowest BCUT2D eigenvalue weighted by atomic mass is 9.98. The Kier molecular flexibility index (Phi) is 10.0. The Balaban J connectivity index is 1.48. The van der Waals surface area contributed by atoms with Crippen LogP contribution in [0.25, 0.3) is 0 Å². The summed E-state index contributed by atoms with van der Waals surface area (Å²) in [6, 6.07) is 32.6. The molecule has 4 aromatic carbocycles. The Morgan fingerprint density at radius 1 is 0.500 bits per heavy atom. The molecule has 0 aliphatic carbocycles. The number of alkyl halides is 1. The Hall–Kier alpha value is -4.99. The van der Waals surface area contributed by atoms with Gasteiger partial charge in [0.15, 0.2) is 23.9 Å². The first-order chi connectivity index (χ1) is 21.4. The van der Waals surface area contributed by atoms with Crippen LogP contribution in [-0.4, -0.2) is 60.5 Å². The van der Waals surface area contributed by atoms with Crippen LogP contribution in [0.5, 0.6) is 0 Å². The van der Waals surface area contributed by atoms with Gasteiger partial charge in [-0.1, -0.05) is 84.4 Å². The van der Waals surface area contributed by atoms with E-state index in [-0.39, 0.29) is 22.3 Å². The molecule has 1 aliphatic heterocycles. The van der Waals surface area contributed by atoms with Gasteiger partial charge in [0.25, 0.3) is 0 Å². The molecule has 9 nitrogen and oxygen atoms in total. The van der Waals surface area contributed by atoms with Crippen molar-refractivity contribution in [1.82, 2.24) is 0 Å². The summed E-state index contributed by atoms with van der Waals surface area (Å²) >= 11 is 6.61. The van der Waals surface area contributed by atoms with E-state index in [4.69, 9.17) is 35.3 Å². The number of benzene rings is 4. The van der Waals surface area contributed by atoms with Crippen LogP contribution in [0.15, 0.2) is 121 Å². The molecule has 4 aromatic rings. The Morgan fingerprint density at radius 3 is 1.25 bits per heavy atom. The Bertz CT molecular complexity index is 1570. The molecule has 10 heteroatoms. The number of carbonyl (C=O) groups excluding carboxylic acids is 4. The molecule has 1 fully saturated rings. The minimum absolute atomic E-state index is 0.193. The monoisotopic (exact) mass is 614 g/mol. The summed E-state index contributed by atoms with van der Waals surface area (Å²) in [6.07, 6.45) is -5.51. The van der Waals surface area contributed by atoms with Crippen LogP contribution in [0.3, 0.4) is 0 Å². The minimum Gasteiger partial charge on any atom is -0.459 e. The van der Waals surface area contributed by atoms with Crippen molar-refractivity contribution in [3.63, 3.8) is 0 Å². The van der Waals surface area contributed by atoms with E-state index < -0.39 is 60.5 Å². The van der Waals surface area contributed by atoms with E-state index in [1.54, 1.807) is 109 Å². The summed E-state index contributed by atoms with van der Waals surface area (Å²) in [5.41, 5.74) is -0.500. The van der Waals surface area contributed by atoms with Crippen molar-refractivity contribution in [3.05, 3.63) is 144 Å². The smallest absolute Gasteiger partial charge is 0.338 e. The lowest BCUT2D eigenvalue weighted by Crippen LogP contribution is -2.61. The van der Waals surface area contributed by atoms with Gasteiger partial charge < -0.3 is 23.7 Å². The van der Waals surface area contributed by atoms with Crippen LogP contribution >= 0.6 is 11.6 Å². The molecule has 0 saturated carbocycles. The standard InChI is InChI=1S/C34H27ClO9/c35-30-29(44-34(39)25-19-11-4-12-20-25)28(43-33(38)24-17-9-3-10-18-24)27(42-32(37)23-15-7-2-8-16-23)26(41-30)21-40-31(36)22-13-5-1-6-14-22/h1-20,26-30H,21H2/t26-,27-,28+,29-,30+/m1/s1. The zero-order chi connectivity index (χ0) is 30.9. The molecule has 5 rings (SSSR count). The van der Waals surface area contributed by atoms with E-state index in [9.17, 15) is 19.2 Å². The lowest BCUT2D eigenvalue weighted by molar-refractivity contribution is -0.209. The molecule has 0 amide bonds. The number of hydrogen-bond donors (Lipinski definition) is 0. The molecule has 5 atom stereocenters. The SMILES string of the molecule is O=C(OC[C@H]1O[C@H](Cl)[C@H](OC(=O)c2ccccc2)[C@@H](OC(=O)c2ccccc2)[C@@H]1OC(=O)c1ccccc1)c1ccccc1. The van der Waals surface area contributed by atoms with Gasteiger partial charge in [0.2, 0.25) is 0 Å². The highest BCUT2D eigenvalue weighted by atomic mass is 35.5. The summed E-state index contributed by atoms with van der Waals surface area (Å²) in [6.45, 7) is -0.428. The van der Waals surface area contributed by atoms with Crippen molar-refractivity contribution in [2.45, 2.75) is 30.0 Å². The molecule has 1 saturated heterocycles. The topological polar surface area (TPSA) is 114 Å². The lowest BCUT2D eigenvalue weighted by Gasteiger charge is -2.42. The normalized spacial score (nSPS) is 21.0. The van der Waals surface area contributed by atoms with E-state index in [1.807, 2.05) is 0 Å². The highest BCUT2D eigenvalue weighted by Gasteiger charge is 2.52. The third kappa shape index (κ3) is 7.50. The fourth-order valence-corrected chi connectivity index (χ4v) is 4.84. The molecule has 0 radical (unpaired) electrons. The molecule has 0 spiro atoms. The first kappa shape index (κ1) is 30.5. The van der Waals surface area contributed by atoms with Crippen molar-refractivity contribution >= 4 is 35.5 Å². The maximum absolute atomic E-state index is 13.3. The third-order valence-electron chi connectivity index (χ3n) is 6.72. The zero-order valence-corrected chi connectivity index (χ0v) is 23.9. The van der Waals surface area contributed by atoms with Gasteiger partial charge in [-0.15, -0.1) is 0 Å². The molecule has 0 unspecified atom stereocenters. The van der Waals surface area contributed by atoms with E-state index in [2.05, 4.69) is 0 Å². The average Bonchev–Trinajstić information content (AvgIpc) is 3.07. The number of hydrogen-bond acceptors (Lipinski definition) is 9. The number of carbonyl (C=O) groups is 4. The van der Waals surface area contributed by atoms with Gasteiger partial charge in [0, 0.05) is 0 Å². The van der Waals surface area contributed by atoms with Gasteiger partial charge in [-0.05, 0) is 48.5 Å². The van der Waals surface area contributed by atoms with Crippen LogP contribution in [0.1, 0.15) is 41.4 Å². The summed E-state index contributed by atoms with van der Waals surface area (Å²) in [4.78, 5) is 52.5. The van der Waals surface area contributed by atoms with Gasteiger partial charge in [-0.25, -0.2) is 19.2 Å². The average molecular weight is 615 g/mol. The molecule has 224 valence electrons. The molecular weight excluding hydrogens is 588 g/mol. The Labute approximate surface area is 258 Å². The molecule has 0 bridgehead atoms. The number of esters is 4. The van der Waals surface area contributed by atoms with Crippen LogP contribution < -0.4 is 0 Å². The van der Waals surface area contributed by atoms with Crippen LogP contribution in [-0.2, 0) is 23.7 Å². The van der Waals surface area contributed by atoms with Gasteiger partial charge in [0.05, 0.1) is 22.3 Å². The second kappa shape index (κ2) is 14.5. The van der Waals surface area contributed by atoms with E-state index in [0.717, 1.165) is 0 Å². The summed E-state index contributed by atoms with van der Waals surface area (Å²) in [5.74, 6) is -3.00. The maximum Gasteiger partial charge on any atom is 0.338 e. The van der Waals surface area contributed by atoms with Crippen molar-refractivity contribution < 1.29 is 42.9 Å². The zero-order valence-electron chi connectivity index (χ0n) is 23.2.